The highest BCUT2D eigenvalue weighted by atomic mass is 79.9. The van der Waals surface area contributed by atoms with E-state index in [1.54, 1.807) is 13.1 Å². The van der Waals surface area contributed by atoms with Gasteiger partial charge in [-0.2, -0.15) is 0 Å². The van der Waals surface area contributed by atoms with Crippen LogP contribution in [0.4, 0.5) is 0 Å². The fourth-order valence-corrected chi connectivity index (χ4v) is 1.15. The molecule has 1 N–H and O–H groups in total. The molecule has 0 saturated carbocycles. The van der Waals surface area contributed by atoms with Crippen LogP contribution in [0.3, 0.4) is 0 Å². The van der Waals surface area contributed by atoms with Gasteiger partial charge in [-0.15, -0.1) is 0 Å². The first kappa shape index (κ1) is 9.68. The van der Waals surface area contributed by atoms with Crippen molar-refractivity contribution in [2.45, 2.75) is 25.9 Å². The van der Waals surface area contributed by atoms with Crippen LogP contribution in [-0.4, -0.2) is 16.2 Å². The van der Waals surface area contributed by atoms with Crippen molar-refractivity contribution in [3.05, 3.63) is 28.5 Å². The number of hydrogen-bond acceptors (Lipinski definition) is 2. The quantitative estimate of drug-likeness (QED) is 0.863. The van der Waals surface area contributed by atoms with E-state index in [1.807, 2.05) is 12.1 Å². The largest absolute Gasteiger partial charge is 0.393 e. The molecule has 0 aromatic carbocycles. The van der Waals surface area contributed by atoms with Gasteiger partial charge < -0.3 is 5.11 Å². The number of hydrogen-bond donors (Lipinski definition) is 1. The summed E-state index contributed by atoms with van der Waals surface area (Å²) in [6, 6.07) is 3.93. The Balaban J connectivity index is 2.48. The summed E-state index contributed by atoms with van der Waals surface area (Å²) in [5, 5.41) is 9.03. The van der Waals surface area contributed by atoms with Crippen molar-refractivity contribution < 1.29 is 5.11 Å². The van der Waals surface area contributed by atoms with Crippen LogP contribution in [0, 0.1) is 0 Å². The predicted octanol–water partition coefficient (Wildman–Crippen LogP) is 2.16. The maximum absolute atomic E-state index is 9.03. The number of nitrogens with zero attached hydrogens (tertiary/aromatic N) is 1. The molecule has 0 aliphatic carbocycles. The van der Waals surface area contributed by atoms with Crippen LogP contribution in [0.25, 0.3) is 0 Å². The Morgan fingerprint density at radius 2 is 2.33 bits per heavy atom. The van der Waals surface area contributed by atoms with Gasteiger partial charge in [0.1, 0.15) is 0 Å². The fraction of sp³-hybridized carbons (Fsp3) is 0.444. The average molecular weight is 230 g/mol. The summed E-state index contributed by atoms with van der Waals surface area (Å²) in [4.78, 5) is 4.19. The maximum atomic E-state index is 9.03. The lowest BCUT2D eigenvalue weighted by atomic mass is 10.1. The van der Waals surface area contributed by atoms with Crippen LogP contribution in [0.2, 0.25) is 0 Å². The van der Waals surface area contributed by atoms with Gasteiger partial charge >= 0.3 is 0 Å². The Kier molecular flexibility index (Phi) is 3.69. The molecule has 1 rings (SSSR count). The molecule has 1 aromatic heterocycles. The molecule has 1 heterocycles. The van der Waals surface area contributed by atoms with E-state index in [1.165, 1.54) is 0 Å². The Hall–Kier alpha value is -0.410. The zero-order chi connectivity index (χ0) is 8.97. The van der Waals surface area contributed by atoms with E-state index in [-0.39, 0.29) is 6.10 Å². The highest BCUT2D eigenvalue weighted by molar-refractivity contribution is 9.10. The second-order valence-electron chi connectivity index (χ2n) is 2.86. The zero-order valence-corrected chi connectivity index (χ0v) is 8.58. The van der Waals surface area contributed by atoms with E-state index >= 15 is 0 Å². The van der Waals surface area contributed by atoms with Crippen molar-refractivity contribution in [1.82, 2.24) is 4.98 Å². The van der Waals surface area contributed by atoms with E-state index in [0.717, 1.165) is 23.0 Å². The number of aromatic nitrogens is 1. The minimum absolute atomic E-state index is 0.240. The summed E-state index contributed by atoms with van der Waals surface area (Å²) in [5.41, 5.74) is 1.03. The molecule has 0 amide bonds. The number of pyridine rings is 1. The maximum Gasteiger partial charge on any atom is 0.0515 e. The smallest absolute Gasteiger partial charge is 0.0515 e. The van der Waals surface area contributed by atoms with E-state index in [0.29, 0.717) is 0 Å². The molecule has 0 bridgehead atoms. The second kappa shape index (κ2) is 4.58. The molecular formula is C9H12BrNO. The van der Waals surface area contributed by atoms with Crippen LogP contribution in [0.1, 0.15) is 19.0 Å². The van der Waals surface area contributed by atoms with Crippen LogP contribution < -0.4 is 0 Å². The third-order valence-corrected chi connectivity index (χ3v) is 2.08. The van der Waals surface area contributed by atoms with E-state index < -0.39 is 0 Å². The SMILES string of the molecule is CC(O)CCc1ccc(Br)cn1. The number of aliphatic hydroxyl groups excluding tert-OH is 1. The fourth-order valence-electron chi connectivity index (χ4n) is 0.911. The first-order chi connectivity index (χ1) is 5.68. The average Bonchev–Trinajstić information content (AvgIpc) is 2.03. The molecule has 2 nitrogen and oxygen atoms in total. The monoisotopic (exact) mass is 229 g/mol. The van der Waals surface area contributed by atoms with Gasteiger partial charge in [0.15, 0.2) is 0 Å². The third-order valence-electron chi connectivity index (χ3n) is 1.61. The van der Waals surface area contributed by atoms with Crippen molar-refractivity contribution in [2.75, 3.05) is 0 Å². The molecule has 66 valence electrons. The lowest BCUT2D eigenvalue weighted by Gasteiger charge is -2.02. The van der Waals surface area contributed by atoms with Crippen LogP contribution in [0.15, 0.2) is 22.8 Å². The van der Waals surface area contributed by atoms with Crippen LogP contribution >= 0.6 is 15.9 Å². The van der Waals surface area contributed by atoms with Crippen LogP contribution in [0.5, 0.6) is 0 Å². The normalized spacial score (nSPS) is 12.9. The zero-order valence-electron chi connectivity index (χ0n) is 7.00. The van der Waals surface area contributed by atoms with E-state index in [4.69, 9.17) is 5.11 Å². The Morgan fingerprint density at radius 1 is 1.58 bits per heavy atom. The summed E-state index contributed by atoms with van der Waals surface area (Å²) < 4.78 is 0.989. The first-order valence-electron chi connectivity index (χ1n) is 3.97. The first-order valence-corrected chi connectivity index (χ1v) is 4.76. The highest BCUT2D eigenvalue weighted by Crippen LogP contribution is 2.09. The molecule has 0 radical (unpaired) electrons. The minimum Gasteiger partial charge on any atom is -0.393 e. The molecule has 12 heavy (non-hydrogen) atoms. The molecule has 0 fully saturated rings. The Morgan fingerprint density at radius 3 is 2.83 bits per heavy atom. The van der Waals surface area contributed by atoms with Crippen molar-refractivity contribution in [2.24, 2.45) is 0 Å². The van der Waals surface area contributed by atoms with Gasteiger partial charge in [0.25, 0.3) is 0 Å². The topological polar surface area (TPSA) is 33.1 Å². The number of aryl methyl sites for hydroxylation is 1. The summed E-state index contributed by atoms with van der Waals surface area (Å²) in [6.45, 7) is 1.79. The number of aliphatic hydroxyl groups is 1. The van der Waals surface area contributed by atoms with Crippen molar-refractivity contribution in [3.8, 4) is 0 Å². The van der Waals surface area contributed by atoms with Gasteiger partial charge in [-0.1, -0.05) is 0 Å². The van der Waals surface area contributed by atoms with Gasteiger partial charge in [0.05, 0.1) is 6.10 Å². The van der Waals surface area contributed by atoms with E-state index in [9.17, 15) is 0 Å². The molecule has 0 saturated heterocycles. The molecule has 0 aliphatic heterocycles. The van der Waals surface area contributed by atoms with Crippen molar-refractivity contribution in [1.29, 1.82) is 0 Å². The van der Waals surface area contributed by atoms with Crippen molar-refractivity contribution in [3.63, 3.8) is 0 Å². The summed E-state index contributed by atoms with van der Waals surface area (Å²) >= 11 is 3.31. The predicted molar refractivity (Wildman–Crippen MR) is 51.9 cm³/mol. The summed E-state index contributed by atoms with van der Waals surface area (Å²) in [7, 11) is 0. The standard InChI is InChI=1S/C9H12BrNO/c1-7(12)2-4-9-5-3-8(10)6-11-9/h3,5-7,12H,2,4H2,1H3. The molecule has 0 spiro atoms. The summed E-state index contributed by atoms with van der Waals surface area (Å²) in [6.07, 6.45) is 3.15. The van der Waals surface area contributed by atoms with Gasteiger partial charge in [-0.25, -0.2) is 0 Å². The van der Waals surface area contributed by atoms with Gasteiger partial charge in [0.2, 0.25) is 0 Å². The highest BCUT2D eigenvalue weighted by Gasteiger charge is 1.98. The van der Waals surface area contributed by atoms with Gasteiger partial charge in [-0.3, -0.25) is 4.98 Å². The molecule has 1 atom stereocenters. The molecular weight excluding hydrogens is 218 g/mol. The molecule has 1 aromatic rings. The molecule has 0 aliphatic rings. The molecule has 1 unspecified atom stereocenters. The Labute approximate surface area is 80.8 Å². The van der Waals surface area contributed by atoms with Gasteiger partial charge in [0, 0.05) is 16.4 Å². The van der Waals surface area contributed by atoms with Gasteiger partial charge in [-0.05, 0) is 47.8 Å². The lowest BCUT2D eigenvalue weighted by Crippen LogP contribution is -2.02. The minimum atomic E-state index is -0.240. The number of halogens is 1. The van der Waals surface area contributed by atoms with E-state index in [2.05, 4.69) is 20.9 Å². The summed E-state index contributed by atoms with van der Waals surface area (Å²) in [5.74, 6) is 0. The lowest BCUT2D eigenvalue weighted by molar-refractivity contribution is 0.184. The second-order valence-corrected chi connectivity index (χ2v) is 3.77. The van der Waals surface area contributed by atoms with Crippen LogP contribution in [-0.2, 0) is 6.42 Å². The third kappa shape index (κ3) is 3.32. The molecule has 3 heteroatoms. The number of rotatable bonds is 3. The Bertz CT molecular complexity index is 233. The van der Waals surface area contributed by atoms with Crippen molar-refractivity contribution >= 4 is 15.9 Å².